The summed E-state index contributed by atoms with van der Waals surface area (Å²) in [6.45, 7) is 6.17. The van der Waals surface area contributed by atoms with Crippen LogP contribution in [0.3, 0.4) is 0 Å². The first-order valence-electron chi connectivity index (χ1n) is 5.55. The number of hydrogen-bond donors (Lipinski definition) is 2. The lowest BCUT2D eigenvalue weighted by molar-refractivity contribution is 0.0228. The smallest absolute Gasteiger partial charge is 0.251 e. The molecule has 4 nitrogen and oxygen atoms in total. The molecule has 0 bridgehead atoms. The summed E-state index contributed by atoms with van der Waals surface area (Å²) in [5.41, 5.74) is 7.40. The number of ether oxygens (including phenoxy) is 1. The Balaban J connectivity index is 2.74. The van der Waals surface area contributed by atoms with E-state index in [9.17, 15) is 4.79 Å². The van der Waals surface area contributed by atoms with Crippen molar-refractivity contribution in [1.82, 2.24) is 5.32 Å². The second kappa shape index (κ2) is 5.19. The minimum absolute atomic E-state index is 0.125. The van der Waals surface area contributed by atoms with Crippen molar-refractivity contribution in [2.45, 2.75) is 26.4 Å². The summed E-state index contributed by atoms with van der Waals surface area (Å²) in [4.78, 5) is 12.0. The Kier molecular flexibility index (Phi) is 4.12. The van der Waals surface area contributed by atoms with E-state index in [2.05, 4.69) is 5.32 Å². The number of nitrogen functional groups attached to an aromatic ring is 1. The van der Waals surface area contributed by atoms with Gasteiger partial charge in [-0.1, -0.05) is 6.07 Å². The maximum Gasteiger partial charge on any atom is 0.251 e. The van der Waals surface area contributed by atoms with Crippen molar-refractivity contribution in [2.75, 3.05) is 19.4 Å². The Morgan fingerprint density at radius 2 is 2.12 bits per heavy atom. The van der Waals surface area contributed by atoms with Crippen LogP contribution >= 0.6 is 0 Å². The zero-order valence-electron chi connectivity index (χ0n) is 10.8. The number of amides is 1. The highest BCUT2D eigenvalue weighted by molar-refractivity contribution is 5.96. The minimum Gasteiger partial charge on any atom is -0.399 e. The molecular weight excluding hydrogens is 216 g/mol. The topological polar surface area (TPSA) is 64.3 Å². The highest BCUT2D eigenvalue weighted by Crippen LogP contribution is 2.13. The summed E-state index contributed by atoms with van der Waals surface area (Å²) in [6, 6.07) is 5.31. The first kappa shape index (κ1) is 13.5. The number of nitrogens with two attached hydrogens (primary N) is 1. The molecule has 0 radical (unpaired) electrons. The third-order valence-corrected chi connectivity index (χ3v) is 2.73. The van der Waals surface area contributed by atoms with E-state index in [1.807, 2.05) is 26.8 Å². The maximum atomic E-state index is 12.0. The van der Waals surface area contributed by atoms with Crippen molar-refractivity contribution in [3.8, 4) is 0 Å². The lowest BCUT2D eigenvalue weighted by Crippen LogP contribution is -2.39. The molecule has 0 fully saturated rings. The van der Waals surface area contributed by atoms with Gasteiger partial charge in [-0.2, -0.15) is 0 Å². The van der Waals surface area contributed by atoms with Crippen molar-refractivity contribution in [2.24, 2.45) is 0 Å². The number of carbonyl (C=O) groups excluding carboxylic acids is 1. The molecule has 4 heteroatoms. The first-order chi connectivity index (χ1) is 7.85. The zero-order chi connectivity index (χ0) is 13.1. The second-order valence-electron chi connectivity index (χ2n) is 4.72. The van der Waals surface area contributed by atoms with Crippen LogP contribution in [0.25, 0.3) is 0 Å². The molecule has 0 spiro atoms. The Morgan fingerprint density at radius 3 is 2.71 bits per heavy atom. The largest absolute Gasteiger partial charge is 0.399 e. The lowest BCUT2D eigenvalue weighted by atomic mass is 10.1. The quantitative estimate of drug-likeness (QED) is 0.782. The molecule has 0 aliphatic carbocycles. The molecule has 0 aliphatic heterocycles. The molecule has 94 valence electrons. The van der Waals surface area contributed by atoms with Crippen LogP contribution in [0.1, 0.15) is 29.8 Å². The monoisotopic (exact) mass is 236 g/mol. The Labute approximate surface area is 102 Å². The molecular formula is C13H20N2O2. The molecule has 1 rings (SSSR count). The highest BCUT2D eigenvalue weighted by atomic mass is 16.5. The molecule has 1 aromatic rings. The van der Waals surface area contributed by atoms with E-state index in [4.69, 9.17) is 10.5 Å². The summed E-state index contributed by atoms with van der Waals surface area (Å²) in [5.74, 6) is -0.125. The molecule has 3 N–H and O–H groups in total. The number of nitrogens with one attached hydrogen (secondary N) is 1. The van der Waals surface area contributed by atoms with E-state index in [0.717, 1.165) is 5.56 Å². The molecule has 0 aliphatic rings. The van der Waals surface area contributed by atoms with Gasteiger partial charge in [-0.05, 0) is 38.5 Å². The van der Waals surface area contributed by atoms with Crippen molar-refractivity contribution < 1.29 is 9.53 Å². The van der Waals surface area contributed by atoms with Gasteiger partial charge < -0.3 is 15.8 Å². The molecule has 1 aromatic carbocycles. The van der Waals surface area contributed by atoms with Crippen LogP contribution in [0.15, 0.2) is 18.2 Å². The van der Waals surface area contributed by atoms with Crippen LogP contribution in [-0.4, -0.2) is 25.2 Å². The van der Waals surface area contributed by atoms with E-state index >= 15 is 0 Å². The average molecular weight is 236 g/mol. The fourth-order valence-corrected chi connectivity index (χ4v) is 1.34. The van der Waals surface area contributed by atoms with Gasteiger partial charge in [0.15, 0.2) is 0 Å². The van der Waals surface area contributed by atoms with Crippen molar-refractivity contribution in [3.63, 3.8) is 0 Å². The van der Waals surface area contributed by atoms with Crippen LogP contribution in [0.5, 0.6) is 0 Å². The van der Waals surface area contributed by atoms with E-state index in [1.54, 1.807) is 19.2 Å². The second-order valence-corrected chi connectivity index (χ2v) is 4.72. The fourth-order valence-electron chi connectivity index (χ4n) is 1.34. The van der Waals surface area contributed by atoms with Gasteiger partial charge in [0.05, 0.1) is 5.60 Å². The van der Waals surface area contributed by atoms with Crippen molar-refractivity contribution >= 4 is 11.6 Å². The molecule has 0 saturated heterocycles. The maximum absolute atomic E-state index is 12.0. The Morgan fingerprint density at radius 1 is 1.47 bits per heavy atom. The van der Waals surface area contributed by atoms with Crippen molar-refractivity contribution in [1.29, 1.82) is 0 Å². The van der Waals surface area contributed by atoms with Crippen LogP contribution in [-0.2, 0) is 4.74 Å². The van der Waals surface area contributed by atoms with Gasteiger partial charge in [-0.3, -0.25) is 4.79 Å². The van der Waals surface area contributed by atoms with Crippen LogP contribution < -0.4 is 11.1 Å². The molecule has 0 heterocycles. The number of hydrogen-bond acceptors (Lipinski definition) is 3. The standard InChI is InChI=1S/C13H20N2O2/c1-9-5-6-10(14)7-11(9)12(16)15-8-13(2,3)17-4/h5-7H,8,14H2,1-4H3,(H,15,16). The number of aryl methyl sites for hydroxylation is 1. The number of carbonyl (C=O) groups is 1. The SMILES string of the molecule is COC(C)(C)CNC(=O)c1cc(N)ccc1C. The predicted octanol–water partition coefficient (Wildman–Crippen LogP) is 1.73. The van der Waals surface area contributed by atoms with Gasteiger partial charge in [-0.25, -0.2) is 0 Å². The number of anilines is 1. The molecule has 17 heavy (non-hydrogen) atoms. The molecule has 0 aromatic heterocycles. The number of methoxy groups -OCH3 is 1. The Bertz CT molecular complexity index is 414. The molecule has 1 amide bonds. The number of rotatable bonds is 4. The third-order valence-electron chi connectivity index (χ3n) is 2.73. The lowest BCUT2D eigenvalue weighted by Gasteiger charge is -2.23. The van der Waals surface area contributed by atoms with E-state index in [-0.39, 0.29) is 11.5 Å². The van der Waals surface area contributed by atoms with Crippen LogP contribution in [0.4, 0.5) is 5.69 Å². The summed E-state index contributed by atoms with van der Waals surface area (Å²) in [5, 5.41) is 2.84. The van der Waals surface area contributed by atoms with Gasteiger partial charge in [-0.15, -0.1) is 0 Å². The van der Waals surface area contributed by atoms with E-state index < -0.39 is 0 Å². The normalized spacial score (nSPS) is 11.3. The fraction of sp³-hybridized carbons (Fsp3) is 0.462. The van der Waals surface area contributed by atoms with E-state index in [1.165, 1.54) is 0 Å². The number of benzene rings is 1. The minimum atomic E-state index is -0.371. The Hall–Kier alpha value is -1.55. The highest BCUT2D eigenvalue weighted by Gasteiger charge is 2.18. The van der Waals surface area contributed by atoms with Crippen molar-refractivity contribution in [3.05, 3.63) is 29.3 Å². The summed E-state index contributed by atoms with van der Waals surface area (Å²) in [7, 11) is 1.62. The van der Waals surface area contributed by atoms with E-state index in [0.29, 0.717) is 17.8 Å². The molecule has 0 saturated carbocycles. The molecule has 0 unspecified atom stereocenters. The van der Waals surface area contributed by atoms with Crippen LogP contribution in [0.2, 0.25) is 0 Å². The van der Waals surface area contributed by atoms with Gasteiger partial charge >= 0.3 is 0 Å². The zero-order valence-corrected chi connectivity index (χ0v) is 10.8. The van der Waals surface area contributed by atoms with Crippen LogP contribution in [0, 0.1) is 6.92 Å². The summed E-state index contributed by atoms with van der Waals surface area (Å²) in [6.07, 6.45) is 0. The summed E-state index contributed by atoms with van der Waals surface area (Å²) < 4.78 is 5.24. The molecule has 0 atom stereocenters. The van der Waals surface area contributed by atoms with Gasteiger partial charge in [0.25, 0.3) is 5.91 Å². The third kappa shape index (κ3) is 3.75. The predicted molar refractivity (Wildman–Crippen MR) is 69.0 cm³/mol. The van der Waals surface area contributed by atoms with Gasteiger partial charge in [0.1, 0.15) is 0 Å². The van der Waals surface area contributed by atoms with Gasteiger partial charge in [0.2, 0.25) is 0 Å². The average Bonchev–Trinajstić information content (AvgIpc) is 2.29. The first-order valence-corrected chi connectivity index (χ1v) is 5.55. The van der Waals surface area contributed by atoms with Gasteiger partial charge in [0, 0.05) is 24.9 Å². The summed E-state index contributed by atoms with van der Waals surface area (Å²) >= 11 is 0.